The van der Waals surface area contributed by atoms with Crippen LogP contribution >= 0.6 is 0 Å². The van der Waals surface area contributed by atoms with Crippen molar-refractivity contribution in [3.63, 3.8) is 0 Å². The van der Waals surface area contributed by atoms with Crippen LogP contribution < -0.4 is 0 Å². The molecule has 0 aromatic rings. The molecular weight excluding hydrogens is 260 g/mol. The first kappa shape index (κ1) is 13.5. The van der Waals surface area contributed by atoms with Crippen LogP contribution in [0.3, 0.4) is 0 Å². The molecule has 3 unspecified atom stereocenters. The number of allylic oxidation sites excluding steroid dienone is 4. The molecule has 0 radical (unpaired) electrons. The van der Waals surface area contributed by atoms with Gasteiger partial charge >= 0.3 is 0 Å². The van der Waals surface area contributed by atoms with Crippen molar-refractivity contribution < 1.29 is 9.59 Å². The second kappa shape index (κ2) is 4.18. The summed E-state index contributed by atoms with van der Waals surface area (Å²) in [6.07, 6.45) is 12.2. The second-order valence-electron chi connectivity index (χ2n) is 8.16. The zero-order valence-electron chi connectivity index (χ0n) is 13.0. The summed E-state index contributed by atoms with van der Waals surface area (Å²) in [6.45, 7) is 4.53. The van der Waals surface area contributed by atoms with Crippen LogP contribution in [0.4, 0.5) is 0 Å². The third-order valence-electron chi connectivity index (χ3n) is 7.02. The monoisotopic (exact) mass is 284 g/mol. The minimum Gasteiger partial charge on any atom is -0.299 e. The van der Waals surface area contributed by atoms with Crippen molar-refractivity contribution in [1.29, 1.82) is 0 Å². The molecule has 0 aromatic heterocycles. The van der Waals surface area contributed by atoms with Gasteiger partial charge in [0.05, 0.1) is 0 Å². The molecule has 112 valence electrons. The first-order valence-electron chi connectivity index (χ1n) is 8.41. The number of carbonyl (C=O) groups excluding carboxylic acids is 2. The third-order valence-corrected chi connectivity index (χ3v) is 7.02. The van der Waals surface area contributed by atoms with Gasteiger partial charge in [0.15, 0.2) is 5.78 Å². The molecule has 2 heteroatoms. The number of rotatable bonds is 0. The van der Waals surface area contributed by atoms with E-state index in [2.05, 4.69) is 13.8 Å². The van der Waals surface area contributed by atoms with E-state index in [9.17, 15) is 9.59 Å². The van der Waals surface area contributed by atoms with E-state index in [1.54, 1.807) is 12.2 Å². The highest BCUT2D eigenvalue weighted by molar-refractivity contribution is 6.01. The highest BCUT2D eigenvalue weighted by atomic mass is 16.1. The number of ketones is 2. The quantitative estimate of drug-likeness (QED) is 0.677. The number of carbonyl (C=O) groups is 2. The lowest BCUT2D eigenvalue weighted by Gasteiger charge is -2.55. The minimum atomic E-state index is -0.197. The molecule has 5 atom stereocenters. The van der Waals surface area contributed by atoms with Gasteiger partial charge in [-0.1, -0.05) is 31.9 Å². The summed E-state index contributed by atoms with van der Waals surface area (Å²) < 4.78 is 0. The third kappa shape index (κ3) is 1.71. The molecular formula is C19H24O2. The number of Topliss-reactive ketones (excluding diaryl/α,β-unsaturated/α-hetero) is 1. The fourth-order valence-electron chi connectivity index (χ4n) is 6.04. The molecule has 0 amide bonds. The molecule has 3 saturated carbocycles. The van der Waals surface area contributed by atoms with E-state index in [1.807, 2.05) is 6.08 Å². The first-order valence-corrected chi connectivity index (χ1v) is 8.41. The zero-order valence-corrected chi connectivity index (χ0v) is 13.0. The highest BCUT2D eigenvalue weighted by Crippen LogP contribution is 2.63. The maximum absolute atomic E-state index is 13.0. The smallest absolute Gasteiger partial charge is 0.178 e. The summed E-state index contributed by atoms with van der Waals surface area (Å²) >= 11 is 0. The van der Waals surface area contributed by atoms with Gasteiger partial charge in [0, 0.05) is 17.8 Å². The fourth-order valence-corrected chi connectivity index (χ4v) is 6.04. The largest absolute Gasteiger partial charge is 0.299 e. The minimum absolute atomic E-state index is 0.0925. The molecule has 4 aliphatic rings. The van der Waals surface area contributed by atoms with Gasteiger partial charge in [-0.3, -0.25) is 9.59 Å². The lowest BCUT2D eigenvalue weighted by Crippen LogP contribution is -2.52. The lowest BCUT2D eigenvalue weighted by atomic mass is 9.48. The normalized spacial score (nSPS) is 48.5. The van der Waals surface area contributed by atoms with E-state index in [4.69, 9.17) is 0 Å². The predicted molar refractivity (Wildman–Crippen MR) is 81.6 cm³/mol. The molecule has 0 heterocycles. The summed E-state index contributed by atoms with van der Waals surface area (Å²) in [4.78, 5) is 24.7. The molecule has 2 nitrogen and oxygen atoms in total. The molecule has 21 heavy (non-hydrogen) atoms. The summed E-state index contributed by atoms with van der Waals surface area (Å²) in [5, 5.41) is 0. The Labute approximate surface area is 126 Å². The van der Waals surface area contributed by atoms with Crippen LogP contribution in [0.2, 0.25) is 0 Å². The van der Waals surface area contributed by atoms with Crippen molar-refractivity contribution in [3.05, 3.63) is 23.8 Å². The van der Waals surface area contributed by atoms with E-state index in [0.29, 0.717) is 17.6 Å². The van der Waals surface area contributed by atoms with Crippen LogP contribution in [0.1, 0.15) is 52.4 Å². The van der Waals surface area contributed by atoms with Crippen LogP contribution in [0.25, 0.3) is 0 Å². The molecule has 0 aliphatic heterocycles. The van der Waals surface area contributed by atoms with Gasteiger partial charge in [0.25, 0.3) is 0 Å². The predicted octanol–water partition coefficient (Wildman–Crippen LogP) is 3.86. The Balaban J connectivity index is 1.78. The van der Waals surface area contributed by atoms with E-state index in [0.717, 1.165) is 19.3 Å². The van der Waals surface area contributed by atoms with E-state index in [1.165, 1.54) is 24.8 Å². The fraction of sp³-hybridized carbons (Fsp3) is 0.684. The van der Waals surface area contributed by atoms with Gasteiger partial charge in [-0.05, 0) is 55.1 Å². The van der Waals surface area contributed by atoms with Crippen LogP contribution in [-0.4, -0.2) is 11.6 Å². The molecule has 0 aromatic carbocycles. The van der Waals surface area contributed by atoms with Crippen molar-refractivity contribution in [1.82, 2.24) is 0 Å². The van der Waals surface area contributed by atoms with Crippen molar-refractivity contribution in [2.45, 2.75) is 52.4 Å². The summed E-state index contributed by atoms with van der Waals surface area (Å²) in [5.41, 5.74) is 1.26. The number of fused-ring (bicyclic) bond motifs is 5. The molecule has 4 rings (SSSR count). The summed E-state index contributed by atoms with van der Waals surface area (Å²) in [7, 11) is 0. The van der Waals surface area contributed by atoms with Crippen LogP contribution in [0.15, 0.2) is 23.8 Å². The Hall–Kier alpha value is -1.18. The van der Waals surface area contributed by atoms with Crippen molar-refractivity contribution in [2.24, 2.45) is 28.6 Å². The summed E-state index contributed by atoms with van der Waals surface area (Å²) in [5.74, 6) is 1.89. The van der Waals surface area contributed by atoms with Gasteiger partial charge in [-0.15, -0.1) is 0 Å². The van der Waals surface area contributed by atoms with E-state index < -0.39 is 0 Å². The Morgan fingerprint density at radius 3 is 2.81 bits per heavy atom. The SMILES string of the molecule is C[C@@]12CCCC1C1CCC3=CC(=O)C=C[C@]3(C)C1C(=O)C2. The van der Waals surface area contributed by atoms with Gasteiger partial charge < -0.3 is 0 Å². The van der Waals surface area contributed by atoms with Crippen molar-refractivity contribution >= 4 is 11.6 Å². The average Bonchev–Trinajstić information content (AvgIpc) is 2.80. The molecule has 4 aliphatic carbocycles. The van der Waals surface area contributed by atoms with E-state index >= 15 is 0 Å². The first-order chi connectivity index (χ1) is 9.94. The van der Waals surface area contributed by atoms with Crippen LogP contribution in [-0.2, 0) is 9.59 Å². The Morgan fingerprint density at radius 2 is 2.00 bits per heavy atom. The molecule has 0 bridgehead atoms. The van der Waals surface area contributed by atoms with Crippen molar-refractivity contribution in [3.8, 4) is 0 Å². The second-order valence-corrected chi connectivity index (χ2v) is 8.16. The zero-order chi connectivity index (χ0) is 14.8. The van der Waals surface area contributed by atoms with Crippen LogP contribution in [0.5, 0.6) is 0 Å². The Kier molecular flexibility index (Phi) is 2.68. The Bertz CT molecular complexity index is 584. The lowest BCUT2D eigenvalue weighted by molar-refractivity contribution is -0.140. The van der Waals surface area contributed by atoms with Gasteiger partial charge in [-0.25, -0.2) is 0 Å². The van der Waals surface area contributed by atoms with E-state index in [-0.39, 0.29) is 22.5 Å². The molecule has 0 saturated heterocycles. The standard InChI is InChI=1S/C19H24O2/c1-18-8-3-4-15(18)14-6-5-12-10-13(20)7-9-19(12,2)17(14)16(21)11-18/h7,9-10,14-15,17H,3-6,8,11H2,1-2H3/t14?,15?,17?,18-,19-/m0/s1. The number of hydrogen-bond donors (Lipinski definition) is 0. The van der Waals surface area contributed by atoms with Crippen LogP contribution in [0, 0.1) is 28.6 Å². The Morgan fingerprint density at radius 1 is 1.19 bits per heavy atom. The molecule has 3 fully saturated rings. The van der Waals surface area contributed by atoms with Gasteiger partial charge in [-0.2, -0.15) is 0 Å². The maximum atomic E-state index is 13.0. The van der Waals surface area contributed by atoms with Gasteiger partial charge in [0.2, 0.25) is 0 Å². The average molecular weight is 284 g/mol. The molecule has 0 spiro atoms. The van der Waals surface area contributed by atoms with Crippen molar-refractivity contribution in [2.75, 3.05) is 0 Å². The highest BCUT2D eigenvalue weighted by Gasteiger charge is 2.58. The summed E-state index contributed by atoms with van der Waals surface area (Å²) in [6, 6.07) is 0. The number of hydrogen-bond acceptors (Lipinski definition) is 2. The topological polar surface area (TPSA) is 34.1 Å². The van der Waals surface area contributed by atoms with Gasteiger partial charge in [0.1, 0.15) is 5.78 Å². The molecule has 0 N–H and O–H groups in total. The maximum Gasteiger partial charge on any atom is 0.178 e.